The molecule has 0 amide bonds. The maximum atomic E-state index is 11.5. The Kier molecular flexibility index (Phi) is 8.58. The van der Waals surface area contributed by atoms with Crippen LogP contribution in [0.2, 0.25) is 0 Å². The summed E-state index contributed by atoms with van der Waals surface area (Å²) in [6.07, 6.45) is 6.94. The summed E-state index contributed by atoms with van der Waals surface area (Å²) in [4.78, 5) is 16.2. The number of aliphatic imine (C=N–C) groups is 1. The number of carbonyl (C=O) groups is 1. The molecule has 1 aromatic carbocycles. The van der Waals surface area contributed by atoms with Crippen LogP contribution in [-0.4, -0.2) is 43.8 Å². The molecule has 6 nitrogen and oxygen atoms in total. The van der Waals surface area contributed by atoms with E-state index in [1.165, 1.54) is 26.4 Å². The van der Waals surface area contributed by atoms with Crippen molar-refractivity contribution in [2.75, 3.05) is 26.8 Å². The molecule has 1 fully saturated rings. The SMILES string of the molecule is CCNC(=NCc1ccc(C(=O)OC)cc1)NCC1(CCO)CCCCC1. The minimum atomic E-state index is -0.332. The summed E-state index contributed by atoms with van der Waals surface area (Å²) in [5.74, 6) is 0.458. The van der Waals surface area contributed by atoms with Gasteiger partial charge in [0, 0.05) is 19.7 Å². The van der Waals surface area contributed by atoms with Crippen molar-refractivity contribution in [3.05, 3.63) is 35.4 Å². The van der Waals surface area contributed by atoms with Crippen LogP contribution < -0.4 is 10.6 Å². The summed E-state index contributed by atoms with van der Waals surface area (Å²) in [7, 11) is 1.38. The van der Waals surface area contributed by atoms with Gasteiger partial charge < -0.3 is 20.5 Å². The molecule has 0 heterocycles. The molecule has 1 saturated carbocycles. The molecule has 0 atom stereocenters. The van der Waals surface area contributed by atoms with Crippen molar-refractivity contribution >= 4 is 11.9 Å². The second-order valence-electron chi connectivity index (χ2n) is 7.27. The van der Waals surface area contributed by atoms with Crippen molar-refractivity contribution in [2.24, 2.45) is 10.4 Å². The summed E-state index contributed by atoms with van der Waals surface area (Å²) < 4.78 is 4.72. The molecule has 3 N–H and O–H groups in total. The van der Waals surface area contributed by atoms with Gasteiger partial charge in [-0.2, -0.15) is 0 Å². The third-order valence-electron chi connectivity index (χ3n) is 5.33. The van der Waals surface area contributed by atoms with E-state index in [1.807, 2.05) is 19.1 Å². The van der Waals surface area contributed by atoms with E-state index >= 15 is 0 Å². The molecule has 0 aromatic heterocycles. The molecule has 27 heavy (non-hydrogen) atoms. The zero-order chi connectivity index (χ0) is 19.5. The van der Waals surface area contributed by atoms with Crippen LogP contribution in [-0.2, 0) is 11.3 Å². The number of aliphatic hydroxyl groups is 1. The first kappa shape index (κ1) is 21.2. The number of nitrogens with one attached hydrogen (secondary N) is 2. The highest BCUT2D eigenvalue weighted by atomic mass is 16.5. The number of esters is 1. The Morgan fingerprint density at radius 1 is 1.19 bits per heavy atom. The van der Waals surface area contributed by atoms with E-state index in [1.54, 1.807) is 12.1 Å². The number of aliphatic hydroxyl groups excluding tert-OH is 1. The van der Waals surface area contributed by atoms with Gasteiger partial charge in [-0.3, -0.25) is 0 Å². The fraction of sp³-hybridized carbons (Fsp3) is 0.619. The number of hydrogen-bond donors (Lipinski definition) is 3. The molecular weight excluding hydrogens is 342 g/mol. The standard InChI is InChI=1S/C21H33N3O3/c1-3-22-20(24-16-21(13-14-25)11-5-4-6-12-21)23-15-17-7-9-18(10-8-17)19(26)27-2/h7-10,25H,3-6,11-16H2,1-2H3,(H2,22,23,24). The van der Waals surface area contributed by atoms with Gasteiger partial charge >= 0.3 is 5.97 Å². The maximum Gasteiger partial charge on any atom is 0.337 e. The maximum absolute atomic E-state index is 11.5. The monoisotopic (exact) mass is 375 g/mol. The van der Waals surface area contributed by atoms with Crippen LogP contribution in [0, 0.1) is 5.41 Å². The lowest BCUT2D eigenvalue weighted by Crippen LogP contribution is -2.44. The van der Waals surface area contributed by atoms with Crippen molar-refractivity contribution in [2.45, 2.75) is 52.0 Å². The Balaban J connectivity index is 1.97. The quantitative estimate of drug-likeness (QED) is 0.370. The highest BCUT2D eigenvalue weighted by molar-refractivity contribution is 5.89. The smallest absolute Gasteiger partial charge is 0.337 e. The van der Waals surface area contributed by atoms with Crippen molar-refractivity contribution in [1.82, 2.24) is 10.6 Å². The molecule has 0 unspecified atom stereocenters. The summed E-state index contributed by atoms with van der Waals surface area (Å²) in [6.45, 7) is 4.44. The highest BCUT2D eigenvalue weighted by Gasteiger charge is 2.31. The highest BCUT2D eigenvalue weighted by Crippen LogP contribution is 2.38. The number of rotatable bonds is 8. The second kappa shape index (κ2) is 10.9. The van der Waals surface area contributed by atoms with Crippen LogP contribution in [0.3, 0.4) is 0 Å². The minimum Gasteiger partial charge on any atom is -0.465 e. The Morgan fingerprint density at radius 3 is 2.48 bits per heavy atom. The third kappa shape index (κ3) is 6.54. The summed E-state index contributed by atoms with van der Waals surface area (Å²) >= 11 is 0. The zero-order valence-electron chi connectivity index (χ0n) is 16.6. The fourth-order valence-corrected chi connectivity index (χ4v) is 3.70. The molecule has 1 aromatic rings. The fourth-order valence-electron chi connectivity index (χ4n) is 3.70. The van der Waals surface area contributed by atoms with Gasteiger partial charge in [0.05, 0.1) is 19.2 Å². The number of carbonyl (C=O) groups excluding carboxylic acids is 1. The number of hydrogen-bond acceptors (Lipinski definition) is 4. The Hall–Kier alpha value is -2.08. The molecule has 0 bridgehead atoms. The first-order valence-corrected chi connectivity index (χ1v) is 9.93. The van der Waals surface area contributed by atoms with Gasteiger partial charge in [-0.05, 0) is 49.3 Å². The molecule has 0 spiro atoms. The number of guanidine groups is 1. The number of benzene rings is 1. The van der Waals surface area contributed by atoms with Crippen LogP contribution in [0.15, 0.2) is 29.3 Å². The average molecular weight is 376 g/mol. The van der Waals surface area contributed by atoms with E-state index in [9.17, 15) is 9.90 Å². The lowest BCUT2D eigenvalue weighted by Gasteiger charge is -2.37. The second-order valence-corrected chi connectivity index (χ2v) is 7.27. The van der Waals surface area contributed by atoms with Crippen LogP contribution >= 0.6 is 0 Å². The van der Waals surface area contributed by atoms with E-state index in [2.05, 4.69) is 15.6 Å². The zero-order valence-corrected chi connectivity index (χ0v) is 16.6. The average Bonchev–Trinajstić information content (AvgIpc) is 2.71. The van der Waals surface area contributed by atoms with E-state index in [-0.39, 0.29) is 18.0 Å². The van der Waals surface area contributed by atoms with Gasteiger partial charge in [-0.25, -0.2) is 9.79 Å². The van der Waals surface area contributed by atoms with Crippen LogP contribution in [0.4, 0.5) is 0 Å². The largest absolute Gasteiger partial charge is 0.465 e. The lowest BCUT2D eigenvalue weighted by molar-refractivity contribution is 0.0600. The third-order valence-corrected chi connectivity index (χ3v) is 5.33. The van der Waals surface area contributed by atoms with Crippen molar-refractivity contribution < 1.29 is 14.6 Å². The molecule has 1 aliphatic rings. The molecule has 0 aliphatic heterocycles. The predicted molar refractivity (Wildman–Crippen MR) is 108 cm³/mol. The predicted octanol–water partition coefficient (Wildman–Crippen LogP) is 2.86. The lowest BCUT2D eigenvalue weighted by atomic mass is 9.72. The first-order valence-electron chi connectivity index (χ1n) is 9.93. The number of nitrogens with zero attached hydrogens (tertiary/aromatic N) is 1. The van der Waals surface area contributed by atoms with E-state index < -0.39 is 0 Å². The normalized spacial score (nSPS) is 16.6. The summed E-state index contributed by atoms with van der Waals surface area (Å²) in [5, 5.41) is 16.2. The van der Waals surface area contributed by atoms with Crippen molar-refractivity contribution in [3.8, 4) is 0 Å². The van der Waals surface area contributed by atoms with Gasteiger partial charge in [0.15, 0.2) is 5.96 Å². The molecule has 2 rings (SSSR count). The molecule has 0 saturated heterocycles. The number of methoxy groups -OCH3 is 1. The minimum absolute atomic E-state index is 0.172. The van der Waals surface area contributed by atoms with Gasteiger partial charge in [0.25, 0.3) is 0 Å². The Labute approximate surface area is 162 Å². The van der Waals surface area contributed by atoms with E-state index in [0.29, 0.717) is 12.1 Å². The molecule has 150 valence electrons. The molecular formula is C21H33N3O3. The summed E-state index contributed by atoms with van der Waals surface area (Å²) in [5.41, 5.74) is 1.74. The molecule has 1 aliphatic carbocycles. The van der Waals surface area contributed by atoms with Crippen LogP contribution in [0.25, 0.3) is 0 Å². The molecule has 0 radical (unpaired) electrons. The van der Waals surface area contributed by atoms with E-state index in [0.717, 1.165) is 43.9 Å². The van der Waals surface area contributed by atoms with Gasteiger partial charge in [-0.1, -0.05) is 31.4 Å². The van der Waals surface area contributed by atoms with Gasteiger partial charge in [0.1, 0.15) is 0 Å². The van der Waals surface area contributed by atoms with Gasteiger partial charge in [-0.15, -0.1) is 0 Å². The first-order chi connectivity index (χ1) is 13.1. The van der Waals surface area contributed by atoms with Crippen LogP contribution in [0.5, 0.6) is 0 Å². The Bertz CT molecular complexity index is 602. The van der Waals surface area contributed by atoms with Crippen molar-refractivity contribution in [1.29, 1.82) is 0 Å². The number of ether oxygens (including phenoxy) is 1. The van der Waals surface area contributed by atoms with Crippen molar-refractivity contribution in [3.63, 3.8) is 0 Å². The van der Waals surface area contributed by atoms with Gasteiger partial charge in [0.2, 0.25) is 0 Å². The molecule has 6 heteroatoms. The van der Waals surface area contributed by atoms with E-state index in [4.69, 9.17) is 4.74 Å². The topological polar surface area (TPSA) is 83.0 Å². The Morgan fingerprint density at radius 2 is 1.89 bits per heavy atom. The summed E-state index contributed by atoms with van der Waals surface area (Å²) in [6, 6.07) is 7.31. The van der Waals surface area contributed by atoms with Crippen LogP contribution in [0.1, 0.15) is 61.4 Å².